The summed E-state index contributed by atoms with van der Waals surface area (Å²) >= 11 is 0. The maximum absolute atomic E-state index is 11.4. The van der Waals surface area contributed by atoms with Gasteiger partial charge in [-0.25, -0.2) is 4.79 Å². The lowest BCUT2D eigenvalue weighted by atomic mass is 10.1. The van der Waals surface area contributed by atoms with E-state index in [4.69, 9.17) is 5.11 Å². The van der Waals surface area contributed by atoms with Gasteiger partial charge >= 0.3 is 11.9 Å². The normalized spacial score (nSPS) is 11.1. The first-order valence-corrected chi connectivity index (χ1v) is 5.10. The van der Waals surface area contributed by atoms with Gasteiger partial charge in [-0.15, -0.1) is 0 Å². The number of benzene rings is 1. The van der Waals surface area contributed by atoms with E-state index in [0.29, 0.717) is 0 Å². The van der Waals surface area contributed by atoms with Gasteiger partial charge in [0.2, 0.25) is 0 Å². The average Bonchev–Trinajstić information content (AvgIpc) is 2.26. The van der Waals surface area contributed by atoms with E-state index in [0.717, 1.165) is 11.1 Å². The lowest BCUT2D eigenvalue weighted by molar-refractivity contribution is -0.141. The molecule has 1 rings (SSSR count). The number of aryl methyl sites for hydroxylation is 1. The van der Waals surface area contributed by atoms with Gasteiger partial charge in [0.05, 0.1) is 13.5 Å². The lowest BCUT2D eigenvalue weighted by Crippen LogP contribution is -2.09. The maximum Gasteiger partial charge on any atom is 0.334 e. The molecule has 0 aliphatic heterocycles. The zero-order chi connectivity index (χ0) is 12.8. The number of carboxylic acid groups (broad SMARTS) is 1. The van der Waals surface area contributed by atoms with Crippen LogP contribution in [0.4, 0.5) is 0 Å². The molecule has 17 heavy (non-hydrogen) atoms. The SMILES string of the molecule is COC(=O)/C(=C/c1cccc(C)c1)CC(=O)O. The Morgan fingerprint density at radius 1 is 1.41 bits per heavy atom. The average molecular weight is 234 g/mol. The van der Waals surface area contributed by atoms with Crippen molar-refractivity contribution in [3.8, 4) is 0 Å². The largest absolute Gasteiger partial charge is 0.481 e. The number of carboxylic acids is 1. The Labute approximate surface area is 99.5 Å². The Balaban J connectivity index is 3.04. The quantitative estimate of drug-likeness (QED) is 0.639. The molecule has 90 valence electrons. The van der Waals surface area contributed by atoms with Crippen LogP contribution in [-0.4, -0.2) is 24.2 Å². The van der Waals surface area contributed by atoms with Gasteiger partial charge in [0, 0.05) is 5.57 Å². The second kappa shape index (κ2) is 5.84. The third kappa shape index (κ3) is 4.10. The van der Waals surface area contributed by atoms with Gasteiger partial charge in [0.15, 0.2) is 0 Å². The summed E-state index contributed by atoms with van der Waals surface area (Å²) in [6.45, 7) is 1.92. The van der Waals surface area contributed by atoms with Crippen molar-refractivity contribution in [3.63, 3.8) is 0 Å². The lowest BCUT2D eigenvalue weighted by Gasteiger charge is -2.03. The van der Waals surface area contributed by atoms with Crippen LogP contribution in [0.15, 0.2) is 29.8 Å². The molecule has 1 N–H and O–H groups in total. The summed E-state index contributed by atoms with van der Waals surface area (Å²) in [6.07, 6.45) is 1.19. The summed E-state index contributed by atoms with van der Waals surface area (Å²) in [7, 11) is 1.23. The summed E-state index contributed by atoms with van der Waals surface area (Å²) < 4.78 is 4.55. The number of carbonyl (C=O) groups excluding carboxylic acids is 1. The van der Waals surface area contributed by atoms with Gasteiger partial charge in [-0.2, -0.15) is 0 Å². The predicted molar refractivity (Wildman–Crippen MR) is 63.4 cm³/mol. The van der Waals surface area contributed by atoms with E-state index < -0.39 is 11.9 Å². The van der Waals surface area contributed by atoms with Crippen molar-refractivity contribution in [1.82, 2.24) is 0 Å². The van der Waals surface area contributed by atoms with E-state index in [-0.39, 0.29) is 12.0 Å². The first-order valence-electron chi connectivity index (χ1n) is 5.10. The number of carbonyl (C=O) groups is 2. The van der Waals surface area contributed by atoms with Crippen molar-refractivity contribution in [2.45, 2.75) is 13.3 Å². The summed E-state index contributed by atoms with van der Waals surface area (Å²) in [5, 5.41) is 8.71. The third-order valence-electron chi connectivity index (χ3n) is 2.17. The number of aliphatic carboxylic acids is 1. The van der Waals surface area contributed by atoms with Crippen molar-refractivity contribution >= 4 is 18.0 Å². The standard InChI is InChI=1S/C13H14O4/c1-9-4-3-5-10(6-9)7-11(8-12(14)15)13(16)17-2/h3-7H,8H2,1-2H3,(H,14,15)/b11-7+. The summed E-state index contributed by atoms with van der Waals surface area (Å²) in [5.41, 5.74) is 1.95. The highest BCUT2D eigenvalue weighted by molar-refractivity contribution is 5.97. The van der Waals surface area contributed by atoms with Crippen molar-refractivity contribution in [2.75, 3.05) is 7.11 Å². The van der Waals surface area contributed by atoms with Crippen molar-refractivity contribution in [2.24, 2.45) is 0 Å². The van der Waals surface area contributed by atoms with Crippen LogP contribution >= 0.6 is 0 Å². The number of hydrogen-bond donors (Lipinski definition) is 1. The molecule has 0 aliphatic rings. The summed E-state index contributed by atoms with van der Waals surface area (Å²) in [4.78, 5) is 22.0. The smallest absolute Gasteiger partial charge is 0.334 e. The van der Waals surface area contributed by atoms with E-state index in [1.807, 2.05) is 25.1 Å². The molecular formula is C13H14O4. The van der Waals surface area contributed by atoms with Gasteiger partial charge in [0.1, 0.15) is 0 Å². The molecule has 0 unspecified atom stereocenters. The van der Waals surface area contributed by atoms with Crippen LogP contribution in [-0.2, 0) is 14.3 Å². The summed E-state index contributed by atoms with van der Waals surface area (Å²) in [6, 6.07) is 7.44. The van der Waals surface area contributed by atoms with Gasteiger partial charge < -0.3 is 9.84 Å². The molecule has 0 saturated heterocycles. The molecule has 1 aromatic rings. The Morgan fingerprint density at radius 2 is 2.12 bits per heavy atom. The fourth-order valence-corrected chi connectivity index (χ4v) is 1.44. The Morgan fingerprint density at radius 3 is 2.65 bits per heavy atom. The molecule has 0 aliphatic carbocycles. The fourth-order valence-electron chi connectivity index (χ4n) is 1.44. The summed E-state index contributed by atoms with van der Waals surface area (Å²) in [5.74, 6) is -1.68. The van der Waals surface area contributed by atoms with Crippen LogP contribution in [0, 0.1) is 6.92 Å². The molecule has 0 spiro atoms. The molecule has 0 radical (unpaired) electrons. The second-order valence-electron chi connectivity index (χ2n) is 3.65. The Kier molecular flexibility index (Phi) is 4.46. The Bertz CT molecular complexity index is 460. The van der Waals surface area contributed by atoms with Gasteiger partial charge in [0.25, 0.3) is 0 Å². The van der Waals surface area contributed by atoms with E-state index in [2.05, 4.69) is 4.74 Å². The maximum atomic E-state index is 11.4. The number of methoxy groups -OCH3 is 1. The minimum absolute atomic E-state index is 0.130. The van der Waals surface area contributed by atoms with Gasteiger partial charge in [-0.3, -0.25) is 4.79 Å². The first-order chi connectivity index (χ1) is 8.02. The molecule has 0 amide bonds. The second-order valence-corrected chi connectivity index (χ2v) is 3.65. The Hall–Kier alpha value is -2.10. The number of rotatable bonds is 4. The van der Waals surface area contributed by atoms with Crippen LogP contribution in [0.25, 0.3) is 6.08 Å². The van der Waals surface area contributed by atoms with Crippen LogP contribution in [0.1, 0.15) is 17.5 Å². The third-order valence-corrected chi connectivity index (χ3v) is 2.17. The predicted octanol–water partition coefficient (Wildman–Crippen LogP) is 2.03. The van der Waals surface area contributed by atoms with Crippen LogP contribution < -0.4 is 0 Å². The minimum atomic E-state index is -1.06. The van der Waals surface area contributed by atoms with Crippen molar-refractivity contribution in [1.29, 1.82) is 0 Å². The minimum Gasteiger partial charge on any atom is -0.481 e. The van der Waals surface area contributed by atoms with Gasteiger partial charge in [-0.05, 0) is 18.6 Å². The van der Waals surface area contributed by atoms with E-state index in [1.165, 1.54) is 13.2 Å². The molecule has 0 bridgehead atoms. The highest BCUT2D eigenvalue weighted by Gasteiger charge is 2.13. The van der Waals surface area contributed by atoms with Crippen LogP contribution in [0.2, 0.25) is 0 Å². The van der Waals surface area contributed by atoms with Crippen LogP contribution in [0.3, 0.4) is 0 Å². The molecule has 0 fully saturated rings. The first kappa shape index (κ1) is 13.0. The molecule has 4 heteroatoms. The van der Waals surface area contributed by atoms with Gasteiger partial charge in [-0.1, -0.05) is 29.8 Å². The number of hydrogen-bond acceptors (Lipinski definition) is 3. The molecule has 0 saturated carbocycles. The molecule has 0 atom stereocenters. The fraction of sp³-hybridized carbons (Fsp3) is 0.231. The zero-order valence-electron chi connectivity index (χ0n) is 9.77. The monoisotopic (exact) mass is 234 g/mol. The zero-order valence-corrected chi connectivity index (χ0v) is 9.77. The molecular weight excluding hydrogens is 220 g/mol. The highest BCUT2D eigenvalue weighted by Crippen LogP contribution is 2.13. The number of esters is 1. The van der Waals surface area contributed by atoms with E-state index in [1.54, 1.807) is 6.07 Å². The van der Waals surface area contributed by atoms with Crippen molar-refractivity contribution in [3.05, 3.63) is 41.0 Å². The van der Waals surface area contributed by atoms with E-state index in [9.17, 15) is 9.59 Å². The highest BCUT2D eigenvalue weighted by atomic mass is 16.5. The van der Waals surface area contributed by atoms with E-state index >= 15 is 0 Å². The molecule has 1 aromatic carbocycles. The van der Waals surface area contributed by atoms with Crippen LogP contribution in [0.5, 0.6) is 0 Å². The number of ether oxygens (including phenoxy) is 1. The van der Waals surface area contributed by atoms with Crippen molar-refractivity contribution < 1.29 is 19.4 Å². The molecule has 0 heterocycles. The molecule has 4 nitrogen and oxygen atoms in total. The molecule has 0 aromatic heterocycles. The topological polar surface area (TPSA) is 63.6 Å².